The summed E-state index contributed by atoms with van der Waals surface area (Å²) in [4.78, 5) is 24.4. The van der Waals surface area contributed by atoms with Crippen LogP contribution in [0.5, 0.6) is 0 Å². The van der Waals surface area contributed by atoms with E-state index in [2.05, 4.69) is 6.92 Å². The van der Waals surface area contributed by atoms with Crippen molar-refractivity contribution in [1.82, 2.24) is 4.90 Å². The van der Waals surface area contributed by atoms with Crippen LogP contribution in [0.2, 0.25) is 0 Å². The fourth-order valence-corrected chi connectivity index (χ4v) is 2.49. The van der Waals surface area contributed by atoms with E-state index in [1.54, 1.807) is 4.90 Å². The minimum Gasteiger partial charge on any atom is -0.333 e. The summed E-state index contributed by atoms with van der Waals surface area (Å²) in [5.74, 6) is 0.368. The topological polar surface area (TPSA) is 37.4 Å². The first-order valence-electron chi connectivity index (χ1n) is 5.52. The van der Waals surface area contributed by atoms with Gasteiger partial charge in [-0.3, -0.25) is 9.59 Å². The van der Waals surface area contributed by atoms with Crippen LogP contribution in [0.4, 0.5) is 0 Å². The van der Waals surface area contributed by atoms with Crippen molar-refractivity contribution < 1.29 is 9.59 Å². The number of Topliss-reactive ketones (excluding diaryl/α,β-unsaturated/α-hetero) is 1. The van der Waals surface area contributed by atoms with Crippen molar-refractivity contribution >= 4 is 11.7 Å². The zero-order valence-electron chi connectivity index (χ0n) is 8.66. The quantitative estimate of drug-likeness (QED) is 0.592. The Morgan fingerprint density at radius 1 is 1.14 bits per heavy atom. The predicted octanol–water partition coefficient (Wildman–Crippen LogP) is 1.37. The van der Waals surface area contributed by atoms with Gasteiger partial charge < -0.3 is 4.90 Å². The third kappa shape index (κ3) is 1.68. The van der Waals surface area contributed by atoms with Gasteiger partial charge >= 0.3 is 0 Å². The van der Waals surface area contributed by atoms with Crippen LogP contribution in [0.3, 0.4) is 0 Å². The molecule has 1 aliphatic heterocycles. The van der Waals surface area contributed by atoms with Gasteiger partial charge in [0.05, 0.1) is 0 Å². The van der Waals surface area contributed by atoms with Crippen molar-refractivity contribution in [2.75, 3.05) is 6.54 Å². The number of carbonyl (C=O) groups excluding carboxylic acids is 2. The molecule has 1 saturated carbocycles. The van der Waals surface area contributed by atoms with Crippen molar-refractivity contribution in [3.05, 3.63) is 0 Å². The summed E-state index contributed by atoms with van der Waals surface area (Å²) in [5, 5.41) is 0. The second-order valence-electron chi connectivity index (χ2n) is 4.59. The van der Waals surface area contributed by atoms with Gasteiger partial charge in [0.15, 0.2) is 0 Å². The molecule has 14 heavy (non-hydrogen) atoms. The number of hydrogen-bond acceptors (Lipinski definition) is 2. The van der Waals surface area contributed by atoms with Crippen LogP contribution in [-0.2, 0) is 9.59 Å². The molecule has 0 atom stereocenters. The van der Waals surface area contributed by atoms with E-state index in [-0.39, 0.29) is 11.7 Å². The zero-order chi connectivity index (χ0) is 10.1. The van der Waals surface area contributed by atoms with Gasteiger partial charge in [-0.2, -0.15) is 0 Å². The van der Waals surface area contributed by atoms with Gasteiger partial charge in [-0.25, -0.2) is 0 Å². The Hall–Kier alpha value is -0.860. The summed E-state index contributed by atoms with van der Waals surface area (Å²) in [6.07, 6.45) is 5.00. The highest BCUT2D eigenvalue weighted by molar-refractivity contribution is 6.37. The first kappa shape index (κ1) is 9.69. The fourth-order valence-electron chi connectivity index (χ4n) is 2.49. The lowest BCUT2D eigenvalue weighted by Gasteiger charge is -2.32. The third-order valence-electron chi connectivity index (χ3n) is 3.51. The minimum absolute atomic E-state index is 0.191. The van der Waals surface area contributed by atoms with Crippen LogP contribution >= 0.6 is 0 Å². The average Bonchev–Trinajstić information content (AvgIpc) is 2.50. The number of ketones is 1. The summed E-state index contributed by atoms with van der Waals surface area (Å²) >= 11 is 0. The Kier molecular flexibility index (Phi) is 2.57. The smallest absolute Gasteiger partial charge is 0.290 e. The van der Waals surface area contributed by atoms with Gasteiger partial charge in [0.2, 0.25) is 5.78 Å². The largest absolute Gasteiger partial charge is 0.333 e. The van der Waals surface area contributed by atoms with Crippen LogP contribution in [0.1, 0.15) is 39.0 Å². The number of carbonyl (C=O) groups is 2. The molecule has 1 saturated heterocycles. The molecule has 0 aromatic rings. The van der Waals surface area contributed by atoms with Crippen molar-refractivity contribution in [1.29, 1.82) is 0 Å². The van der Waals surface area contributed by atoms with E-state index in [1.165, 1.54) is 12.8 Å². The highest BCUT2D eigenvalue weighted by atomic mass is 16.2. The molecule has 1 aliphatic carbocycles. The lowest BCUT2D eigenvalue weighted by atomic mass is 9.87. The number of hydrogen-bond donors (Lipinski definition) is 0. The second-order valence-corrected chi connectivity index (χ2v) is 4.59. The molecule has 0 unspecified atom stereocenters. The first-order valence-corrected chi connectivity index (χ1v) is 5.52. The second kappa shape index (κ2) is 3.71. The maximum absolute atomic E-state index is 11.5. The van der Waals surface area contributed by atoms with Crippen molar-refractivity contribution in [2.24, 2.45) is 5.92 Å². The summed E-state index contributed by atoms with van der Waals surface area (Å²) in [7, 11) is 0. The maximum atomic E-state index is 11.5. The zero-order valence-corrected chi connectivity index (χ0v) is 8.66. The summed E-state index contributed by atoms with van der Waals surface area (Å²) < 4.78 is 0. The molecule has 3 nitrogen and oxygen atoms in total. The van der Waals surface area contributed by atoms with E-state index in [0.29, 0.717) is 19.0 Å². The third-order valence-corrected chi connectivity index (χ3v) is 3.51. The molecule has 2 aliphatic rings. The van der Waals surface area contributed by atoms with E-state index in [0.717, 1.165) is 18.8 Å². The molecule has 2 rings (SSSR count). The van der Waals surface area contributed by atoms with E-state index in [9.17, 15) is 9.59 Å². The van der Waals surface area contributed by atoms with Crippen molar-refractivity contribution in [3.8, 4) is 0 Å². The first-order chi connectivity index (χ1) is 6.68. The Bertz CT molecular complexity index is 254. The molecule has 1 amide bonds. The standard InChI is InChI=1S/C11H17NO2/c1-8-2-4-9(5-3-8)12-7-6-10(13)11(12)14/h8-9H,2-7H2,1H3. The van der Waals surface area contributed by atoms with Gasteiger partial charge in [0, 0.05) is 19.0 Å². The van der Waals surface area contributed by atoms with Crippen LogP contribution in [0, 0.1) is 5.92 Å². The Morgan fingerprint density at radius 2 is 1.79 bits per heavy atom. The predicted molar refractivity (Wildman–Crippen MR) is 52.8 cm³/mol. The molecule has 0 aromatic heterocycles. The normalized spacial score (nSPS) is 33.9. The lowest BCUT2D eigenvalue weighted by molar-refractivity contribution is -0.141. The maximum Gasteiger partial charge on any atom is 0.290 e. The van der Waals surface area contributed by atoms with Crippen molar-refractivity contribution in [2.45, 2.75) is 45.1 Å². The van der Waals surface area contributed by atoms with E-state index < -0.39 is 0 Å². The molecular formula is C11H17NO2. The molecule has 1 heterocycles. The summed E-state index contributed by atoms with van der Waals surface area (Å²) in [6, 6.07) is 0.352. The molecule has 3 heteroatoms. The van der Waals surface area contributed by atoms with E-state index in [4.69, 9.17) is 0 Å². The van der Waals surface area contributed by atoms with Gasteiger partial charge in [0.25, 0.3) is 5.91 Å². The Balaban J connectivity index is 1.96. The number of likely N-dealkylation sites (tertiary alicyclic amines) is 1. The average molecular weight is 195 g/mol. The highest BCUT2D eigenvalue weighted by Gasteiger charge is 2.35. The molecule has 0 N–H and O–H groups in total. The Morgan fingerprint density at radius 3 is 2.29 bits per heavy atom. The van der Waals surface area contributed by atoms with E-state index in [1.807, 2.05) is 0 Å². The van der Waals surface area contributed by atoms with Gasteiger partial charge in [-0.05, 0) is 31.6 Å². The summed E-state index contributed by atoms with van der Waals surface area (Å²) in [5.41, 5.74) is 0. The van der Waals surface area contributed by atoms with Gasteiger partial charge in [0.1, 0.15) is 0 Å². The van der Waals surface area contributed by atoms with Gasteiger partial charge in [-0.15, -0.1) is 0 Å². The van der Waals surface area contributed by atoms with Crippen molar-refractivity contribution in [3.63, 3.8) is 0 Å². The lowest BCUT2D eigenvalue weighted by Crippen LogP contribution is -2.39. The number of amides is 1. The fraction of sp³-hybridized carbons (Fsp3) is 0.818. The molecule has 78 valence electrons. The molecule has 0 aromatic carbocycles. The summed E-state index contributed by atoms with van der Waals surface area (Å²) in [6.45, 7) is 2.92. The number of nitrogens with zero attached hydrogens (tertiary/aromatic N) is 1. The molecule has 0 spiro atoms. The van der Waals surface area contributed by atoms with Crippen LogP contribution < -0.4 is 0 Å². The SMILES string of the molecule is CC1CCC(N2CCC(=O)C2=O)CC1. The Labute approximate surface area is 84.5 Å². The minimum atomic E-state index is -0.232. The monoisotopic (exact) mass is 195 g/mol. The van der Waals surface area contributed by atoms with E-state index >= 15 is 0 Å². The van der Waals surface area contributed by atoms with Crippen LogP contribution in [0.25, 0.3) is 0 Å². The highest BCUT2D eigenvalue weighted by Crippen LogP contribution is 2.28. The number of rotatable bonds is 1. The molecular weight excluding hydrogens is 178 g/mol. The molecule has 2 fully saturated rings. The van der Waals surface area contributed by atoms with Gasteiger partial charge in [-0.1, -0.05) is 6.92 Å². The molecule has 0 radical (unpaired) electrons. The van der Waals surface area contributed by atoms with Crippen LogP contribution in [-0.4, -0.2) is 29.2 Å². The molecule has 0 bridgehead atoms. The van der Waals surface area contributed by atoms with Crippen LogP contribution in [0.15, 0.2) is 0 Å².